The number of anilines is 1. The third-order valence-corrected chi connectivity index (χ3v) is 4.87. The van der Waals surface area contributed by atoms with Crippen molar-refractivity contribution in [3.8, 4) is 23.0 Å². The predicted octanol–water partition coefficient (Wildman–Crippen LogP) is 3.24. The van der Waals surface area contributed by atoms with Crippen LogP contribution in [-0.2, 0) is 20.3 Å². The van der Waals surface area contributed by atoms with Crippen molar-refractivity contribution >= 4 is 5.69 Å². The van der Waals surface area contributed by atoms with Crippen LogP contribution in [0.4, 0.5) is 18.9 Å². The van der Waals surface area contributed by atoms with E-state index in [1.807, 2.05) is 31.1 Å². The number of nitrogens with zero attached hydrogens (tertiary/aromatic N) is 3. The topological polar surface area (TPSA) is 47.2 Å². The van der Waals surface area contributed by atoms with Crippen LogP contribution in [0.25, 0.3) is 11.1 Å². The van der Waals surface area contributed by atoms with Crippen LogP contribution in [0, 0.1) is 11.8 Å². The van der Waals surface area contributed by atoms with Crippen molar-refractivity contribution in [2.75, 3.05) is 19.0 Å². The minimum absolute atomic E-state index is 0.0655. The van der Waals surface area contributed by atoms with Gasteiger partial charge in [-0.2, -0.15) is 13.2 Å². The molecule has 0 fully saturated rings. The molecule has 3 rings (SSSR count). The molecule has 0 amide bonds. The van der Waals surface area contributed by atoms with Gasteiger partial charge in [0.2, 0.25) is 0 Å². The number of aromatic nitrogens is 2. The molecule has 0 bridgehead atoms. The van der Waals surface area contributed by atoms with Crippen LogP contribution in [0.5, 0.6) is 0 Å². The predicted molar refractivity (Wildman–Crippen MR) is 114 cm³/mol. The molecule has 3 aromatic rings. The van der Waals surface area contributed by atoms with Crippen molar-refractivity contribution in [3.63, 3.8) is 0 Å². The summed E-state index contributed by atoms with van der Waals surface area (Å²) >= 11 is 0. The van der Waals surface area contributed by atoms with Gasteiger partial charge in [0, 0.05) is 39.4 Å². The Morgan fingerprint density at radius 2 is 1.42 bits per heavy atom. The Kier molecular flexibility index (Phi) is 5.80. The van der Waals surface area contributed by atoms with E-state index in [2.05, 4.69) is 11.8 Å². The normalized spacial score (nSPS) is 11.1. The van der Waals surface area contributed by atoms with Gasteiger partial charge in [0.05, 0.1) is 11.1 Å². The minimum atomic E-state index is -4.49. The van der Waals surface area contributed by atoms with Gasteiger partial charge in [0.25, 0.3) is 5.56 Å². The Morgan fingerprint density at radius 1 is 0.839 bits per heavy atom. The number of hydrogen-bond donors (Lipinski definition) is 0. The highest BCUT2D eigenvalue weighted by atomic mass is 19.4. The van der Waals surface area contributed by atoms with Crippen LogP contribution in [0.3, 0.4) is 0 Å². The molecular formula is C23H20F3N3O2. The molecule has 0 saturated carbocycles. The summed E-state index contributed by atoms with van der Waals surface area (Å²) in [4.78, 5) is 27.2. The first-order valence-corrected chi connectivity index (χ1v) is 9.27. The maximum Gasteiger partial charge on any atom is 0.416 e. The summed E-state index contributed by atoms with van der Waals surface area (Å²) in [6.07, 6.45) is -4.49. The molecule has 0 N–H and O–H groups in total. The Hall–Kier alpha value is -3.73. The van der Waals surface area contributed by atoms with Crippen molar-refractivity contribution in [2.24, 2.45) is 14.1 Å². The van der Waals surface area contributed by atoms with Gasteiger partial charge < -0.3 is 4.90 Å². The van der Waals surface area contributed by atoms with Gasteiger partial charge in [0.1, 0.15) is 5.69 Å². The summed E-state index contributed by atoms with van der Waals surface area (Å²) < 4.78 is 40.9. The fourth-order valence-corrected chi connectivity index (χ4v) is 3.05. The highest BCUT2D eigenvalue weighted by molar-refractivity contribution is 5.69. The first kappa shape index (κ1) is 22.0. The monoisotopic (exact) mass is 427 g/mol. The Bertz CT molecular complexity index is 1290. The lowest BCUT2D eigenvalue weighted by Crippen LogP contribution is -2.39. The largest absolute Gasteiger partial charge is 0.416 e. The van der Waals surface area contributed by atoms with Crippen LogP contribution < -0.4 is 16.1 Å². The summed E-state index contributed by atoms with van der Waals surface area (Å²) in [6.45, 7) is 0. The lowest BCUT2D eigenvalue weighted by molar-refractivity contribution is -0.137. The molecule has 0 radical (unpaired) electrons. The molecule has 0 aliphatic carbocycles. The summed E-state index contributed by atoms with van der Waals surface area (Å²) in [5.41, 5.74) is 0.0559. The van der Waals surface area contributed by atoms with Crippen LogP contribution in [0.1, 0.15) is 16.8 Å². The number of alkyl halides is 3. The van der Waals surface area contributed by atoms with Gasteiger partial charge in [-0.25, -0.2) is 4.79 Å². The Balaban J connectivity index is 2.17. The fourth-order valence-electron chi connectivity index (χ4n) is 3.05. The highest BCUT2D eigenvalue weighted by Crippen LogP contribution is 2.30. The van der Waals surface area contributed by atoms with Crippen LogP contribution in [0.2, 0.25) is 0 Å². The molecule has 1 heterocycles. The maximum absolute atomic E-state index is 12.9. The van der Waals surface area contributed by atoms with Crippen LogP contribution in [-0.4, -0.2) is 23.2 Å². The molecule has 0 atom stereocenters. The molecule has 0 unspecified atom stereocenters. The van der Waals surface area contributed by atoms with E-state index in [-0.39, 0.29) is 16.8 Å². The molecule has 0 aliphatic rings. The molecule has 8 heteroatoms. The van der Waals surface area contributed by atoms with Crippen molar-refractivity contribution in [1.82, 2.24) is 9.13 Å². The van der Waals surface area contributed by atoms with Gasteiger partial charge in [-0.05, 0) is 47.9 Å². The van der Waals surface area contributed by atoms with Crippen LogP contribution in [0.15, 0.2) is 58.1 Å². The average molecular weight is 427 g/mol. The zero-order valence-electron chi connectivity index (χ0n) is 17.4. The first-order chi connectivity index (χ1) is 14.5. The van der Waals surface area contributed by atoms with E-state index in [4.69, 9.17) is 0 Å². The number of rotatable bonds is 2. The van der Waals surface area contributed by atoms with Gasteiger partial charge in [-0.3, -0.25) is 13.9 Å². The van der Waals surface area contributed by atoms with Crippen LogP contribution >= 0.6 is 0 Å². The fraction of sp³-hybridized carbons (Fsp3) is 0.217. The number of hydrogen-bond acceptors (Lipinski definition) is 3. The molecule has 2 aromatic carbocycles. The van der Waals surface area contributed by atoms with E-state index in [0.29, 0.717) is 5.56 Å². The van der Waals surface area contributed by atoms with E-state index >= 15 is 0 Å². The zero-order chi connectivity index (χ0) is 22.9. The molecule has 0 aliphatic heterocycles. The highest BCUT2D eigenvalue weighted by Gasteiger charge is 2.30. The van der Waals surface area contributed by atoms with Crippen molar-refractivity contribution < 1.29 is 13.2 Å². The standard InChI is InChI=1S/C23H20F3N3O2/c1-27(2)18-12-5-15(6-13-18)7-14-19-20(21(30)29(4)22(31)28(19)3)16-8-10-17(11-9-16)23(24,25)26/h5-6,8-13H,1-4H3. The number of halogens is 3. The SMILES string of the molecule is CN(C)c1ccc(C#Cc2c(-c3ccc(C(F)(F)F)cc3)c(=O)n(C)c(=O)n2C)cc1. The van der Waals surface area contributed by atoms with E-state index in [1.54, 1.807) is 12.1 Å². The smallest absolute Gasteiger partial charge is 0.378 e. The van der Waals surface area contributed by atoms with Crippen molar-refractivity contribution in [1.29, 1.82) is 0 Å². The van der Waals surface area contributed by atoms with Gasteiger partial charge in [0.15, 0.2) is 0 Å². The summed E-state index contributed by atoms with van der Waals surface area (Å²) in [5.74, 6) is 5.79. The second-order valence-electron chi connectivity index (χ2n) is 7.20. The van der Waals surface area contributed by atoms with Gasteiger partial charge in [-0.15, -0.1) is 0 Å². The van der Waals surface area contributed by atoms with Crippen molar-refractivity contribution in [3.05, 3.63) is 86.2 Å². The average Bonchev–Trinajstić information content (AvgIpc) is 2.73. The number of benzene rings is 2. The van der Waals surface area contributed by atoms with E-state index in [0.717, 1.165) is 22.4 Å². The molecular weight excluding hydrogens is 407 g/mol. The van der Waals surface area contributed by atoms with Crippen molar-refractivity contribution in [2.45, 2.75) is 6.18 Å². The lowest BCUT2D eigenvalue weighted by Gasteiger charge is -2.13. The Labute approximate surface area is 177 Å². The third-order valence-electron chi connectivity index (χ3n) is 4.87. The summed E-state index contributed by atoms with van der Waals surface area (Å²) in [6, 6.07) is 11.6. The summed E-state index contributed by atoms with van der Waals surface area (Å²) in [5, 5.41) is 0. The van der Waals surface area contributed by atoms with Gasteiger partial charge in [-0.1, -0.05) is 18.1 Å². The quantitative estimate of drug-likeness (QED) is 0.590. The first-order valence-electron chi connectivity index (χ1n) is 9.27. The second-order valence-corrected chi connectivity index (χ2v) is 7.20. The molecule has 31 heavy (non-hydrogen) atoms. The molecule has 0 saturated heterocycles. The summed E-state index contributed by atoms with van der Waals surface area (Å²) in [7, 11) is 6.60. The Morgan fingerprint density at radius 3 is 1.94 bits per heavy atom. The maximum atomic E-state index is 12.9. The molecule has 0 spiro atoms. The van der Waals surface area contributed by atoms with Gasteiger partial charge >= 0.3 is 11.9 Å². The molecule has 1 aromatic heterocycles. The van der Waals surface area contributed by atoms with E-state index < -0.39 is 23.0 Å². The molecule has 5 nitrogen and oxygen atoms in total. The second kappa shape index (κ2) is 8.19. The minimum Gasteiger partial charge on any atom is -0.378 e. The molecule has 160 valence electrons. The lowest BCUT2D eigenvalue weighted by atomic mass is 10.0. The third kappa shape index (κ3) is 4.40. The van der Waals surface area contributed by atoms with E-state index in [1.165, 1.54) is 30.8 Å². The zero-order valence-corrected chi connectivity index (χ0v) is 17.4. The van der Waals surface area contributed by atoms with E-state index in [9.17, 15) is 22.8 Å².